The van der Waals surface area contributed by atoms with Crippen molar-refractivity contribution in [3.63, 3.8) is 0 Å². The fourth-order valence-electron chi connectivity index (χ4n) is 1.80. The highest BCUT2D eigenvalue weighted by molar-refractivity contribution is 7.99. The first-order valence-electron chi connectivity index (χ1n) is 5.37. The van der Waals surface area contributed by atoms with E-state index in [1.165, 1.54) is 30.0 Å². The van der Waals surface area contributed by atoms with Crippen LogP contribution in [0.15, 0.2) is 24.3 Å². The number of nitrogens with one attached hydrogen (secondary N) is 1. The Morgan fingerprint density at radius 3 is 3.13 bits per heavy atom. The standard InChI is InChI=1S/C12H17NOS/c1-14-12-6-2-4-10(8-12)13-11-5-3-7-15-9-11/h2,4,6,8,11,13H,3,5,7,9H2,1H3/t11-/m0/s1. The second-order valence-electron chi connectivity index (χ2n) is 3.79. The Hall–Kier alpha value is -0.830. The minimum Gasteiger partial charge on any atom is -0.497 e. The van der Waals surface area contributed by atoms with Crippen molar-refractivity contribution in [2.24, 2.45) is 0 Å². The molecule has 0 aromatic heterocycles. The lowest BCUT2D eigenvalue weighted by molar-refractivity contribution is 0.415. The van der Waals surface area contributed by atoms with Gasteiger partial charge in [-0.2, -0.15) is 11.8 Å². The van der Waals surface area contributed by atoms with Gasteiger partial charge in [0.15, 0.2) is 0 Å². The summed E-state index contributed by atoms with van der Waals surface area (Å²) < 4.78 is 5.20. The minimum absolute atomic E-state index is 0.621. The van der Waals surface area contributed by atoms with Gasteiger partial charge < -0.3 is 10.1 Å². The van der Waals surface area contributed by atoms with Crippen LogP contribution < -0.4 is 10.1 Å². The number of anilines is 1. The van der Waals surface area contributed by atoms with E-state index >= 15 is 0 Å². The monoisotopic (exact) mass is 223 g/mol. The van der Waals surface area contributed by atoms with Crippen LogP contribution in [0.1, 0.15) is 12.8 Å². The number of hydrogen-bond acceptors (Lipinski definition) is 3. The molecular formula is C12H17NOS. The number of rotatable bonds is 3. The molecule has 0 amide bonds. The highest BCUT2D eigenvalue weighted by Gasteiger charge is 2.13. The van der Waals surface area contributed by atoms with Gasteiger partial charge in [-0.3, -0.25) is 0 Å². The third kappa shape index (κ3) is 3.06. The first-order valence-corrected chi connectivity index (χ1v) is 6.52. The van der Waals surface area contributed by atoms with E-state index in [1.807, 2.05) is 23.9 Å². The summed E-state index contributed by atoms with van der Waals surface area (Å²) in [6, 6.07) is 8.77. The lowest BCUT2D eigenvalue weighted by atomic mass is 10.1. The van der Waals surface area contributed by atoms with E-state index < -0.39 is 0 Å². The zero-order valence-electron chi connectivity index (χ0n) is 9.03. The predicted octanol–water partition coefficient (Wildman–Crippen LogP) is 3.00. The summed E-state index contributed by atoms with van der Waals surface area (Å²) in [6.45, 7) is 0. The van der Waals surface area contributed by atoms with E-state index in [2.05, 4.69) is 17.4 Å². The van der Waals surface area contributed by atoms with Gasteiger partial charge in [-0.05, 0) is 30.7 Å². The lowest BCUT2D eigenvalue weighted by Crippen LogP contribution is -2.25. The first kappa shape index (κ1) is 10.7. The van der Waals surface area contributed by atoms with Crippen LogP contribution in [0.4, 0.5) is 5.69 Å². The largest absolute Gasteiger partial charge is 0.497 e. The van der Waals surface area contributed by atoms with E-state index in [4.69, 9.17) is 4.74 Å². The molecular weight excluding hydrogens is 206 g/mol. The molecule has 0 spiro atoms. The van der Waals surface area contributed by atoms with Crippen LogP contribution >= 0.6 is 11.8 Å². The van der Waals surface area contributed by atoms with Crippen LogP contribution in [0.25, 0.3) is 0 Å². The fourth-order valence-corrected chi connectivity index (χ4v) is 2.88. The number of ether oxygens (including phenoxy) is 1. The average Bonchev–Trinajstić information content (AvgIpc) is 2.31. The molecule has 1 atom stereocenters. The Morgan fingerprint density at radius 2 is 2.40 bits per heavy atom. The molecule has 0 radical (unpaired) electrons. The molecule has 0 bridgehead atoms. The first-order chi connectivity index (χ1) is 7.38. The number of benzene rings is 1. The molecule has 15 heavy (non-hydrogen) atoms. The molecule has 1 aliphatic heterocycles. The van der Waals surface area contributed by atoms with Crippen LogP contribution in [0.2, 0.25) is 0 Å². The Kier molecular flexibility index (Phi) is 3.78. The van der Waals surface area contributed by atoms with Gasteiger partial charge in [0.1, 0.15) is 5.75 Å². The zero-order chi connectivity index (χ0) is 10.5. The summed E-state index contributed by atoms with van der Waals surface area (Å²) in [4.78, 5) is 0. The normalized spacial score (nSPS) is 21.0. The predicted molar refractivity (Wildman–Crippen MR) is 67.0 cm³/mol. The number of thioether (sulfide) groups is 1. The molecule has 1 saturated heterocycles. The van der Waals surface area contributed by atoms with Gasteiger partial charge in [0, 0.05) is 23.5 Å². The molecule has 1 aromatic rings. The van der Waals surface area contributed by atoms with E-state index in [1.54, 1.807) is 7.11 Å². The maximum Gasteiger partial charge on any atom is 0.120 e. The quantitative estimate of drug-likeness (QED) is 0.851. The van der Waals surface area contributed by atoms with E-state index in [9.17, 15) is 0 Å². The van der Waals surface area contributed by atoms with Crippen molar-refractivity contribution in [1.82, 2.24) is 0 Å². The van der Waals surface area contributed by atoms with Crippen molar-refractivity contribution < 1.29 is 4.74 Å². The van der Waals surface area contributed by atoms with Gasteiger partial charge in [0.2, 0.25) is 0 Å². The van der Waals surface area contributed by atoms with Gasteiger partial charge in [0.05, 0.1) is 7.11 Å². The van der Waals surface area contributed by atoms with E-state index in [0.29, 0.717) is 6.04 Å². The van der Waals surface area contributed by atoms with Crippen LogP contribution in [0, 0.1) is 0 Å². The van der Waals surface area contributed by atoms with Crippen molar-refractivity contribution in [1.29, 1.82) is 0 Å². The maximum atomic E-state index is 5.20. The molecule has 2 rings (SSSR count). The Balaban J connectivity index is 1.96. The molecule has 2 nitrogen and oxygen atoms in total. The van der Waals surface area contributed by atoms with E-state index in [0.717, 1.165) is 5.75 Å². The molecule has 82 valence electrons. The highest BCUT2D eigenvalue weighted by Crippen LogP contribution is 2.23. The van der Waals surface area contributed by atoms with E-state index in [-0.39, 0.29) is 0 Å². The van der Waals surface area contributed by atoms with Crippen molar-refractivity contribution in [2.75, 3.05) is 23.9 Å². The molecule has 1 heterocycles. The van der Waals surface area contributed by atoms with Crippen LogP contribution in [-0.4, -0.2) is 24.7 Å². The van der Waals surface area contributed by atoms with Gasteiger partial charge in [0.25, 0.3) is 0 Å². The number of hydrogen-bond donors (Lipinski definition) is 1. The molecule has 1 fully saturated rings. The molecule has 3 heteroatoms. The third-order valence-electron chi connectivity index (χ3n) is 2.60. The molecule has 1 aromatic carbocycles. The molecule has 0 aliphatic carbocycles. The van der Waals surface area contributed by atoms with Gasteiger partial charge in [-0.15, -0.1) is 0 Å². The zero-order valence-corrected chi connectivity index (χ0v) is 9.85. The fraction of sp³-hybridized carbons (Fsp3) is 0.500. The summed E-state index contributed by atoms with van der Waals surface area (Å²) in [7, 11) is 1.70. The van der Waals surface area contributed by atoms with Crippen molar-refractivity contribution in [3.05, 3.63) is 24.3 Å². The summed E-state index contributed by atoms with van der Waals surface area (Å²) in [5.41, 5.74) is 1.17. The number of methoxy groups -OCH3 is 1. The smallest absolute Gasteiger partial charge is 0.120 e. The van der Waals surface area contributed by atoms with Crippen molar-refractivity contribution >= 4 is 17.4 Å². The summed E-state index contributed by atoms with van der Waals surface area (Å²) in [6.07, 6.45) is 2.61. The lowest BCUT2D eigenvalue weighted by Gasteiger charge is -2.23. The van der Waals surface area contributed by atoms with Gasteiger partial charge >= 0.3 is 0 Å². The second-order valence-corrected chi connectivity index (χ2v) is 4.94. The van der Waals surface area contributed by atoms with Crippen molar-refractivity contribution in [3.8, 4) is 5.75 Å². The van der Waals surface area contributed by atoms with Crippen molar-refractivity contribution in [2.45, 2.75) is 18.9 Å². The Bertz CT molecular complexity index is 310. The third-order valence-corrected chi connectivity index (χ3v) is 3.82. The SMILES string of the molecule is COc1cccc(N[C@H]2CCCSC2)c1. The van der Waals surface area contributed by atoms with Gasteiger partial charge in [-0.25, -0.2) is 0 Å². The summed E-state index contributed by atoms with van der Waals surface area (Å²) in [5, 5.41) is 3.55. The Labute approximate surface area is 95.4 Å². The summed E-state index contributed by atoms with van der Waals surface area (Å²) >= 11 is 2.04. The molecule has 1 N–H and O–H groups in total. The minimum atomic E-state index is 0.621. The molecule has 1 aliphatic rings. The summed E-state index contributed by atoms with van der Waals surface area (Å²) in [5.74, 6) is 3.46. The molecule has 0 unspecified atom stereocenters. The van der Waals surface area contributed by atoms with Crippen LogP contribution in [-0.2, 0) is 0 Å². The Morgan fingerprint density at radius 1 is 1.47 bits per heavy atom. The molecule has 0 saturated carbocycles. The second kappa shape index (κ2) is 5.31. The van der Waals surface area contributed by atoms with Crippen LogP contribution in [0.5, 0.6) is 5.75 Å². The highest BCUT2D eigenvalue weighted by atomic mass is 32.2. The van der Waals surface area contributed by atoms with Crippen LogP contribution in [0.3, 0.4) is 0 Å². The maximum absolute atomic E-state index is 5.20. The average molecular weight is 223 g/mol. The topological polar surface area (TPSA) is 21.3 Å². The van der Waals surface area contributed by atoms with Gasteiger partial charge in [-0.1, -0.05) is 6.07 Å².